The van der Waals surface area contributed by atoms with Crippen LogP contribution in [0.4, 0.5) is 0 Å². The molecule has 2 aromatic rings. The van der Waals surface area contributed by atoms with Gasteiger partial charge >= 0.3 is 0 Å². The molecule has 0 saturated heterocycles. The summed E-state index contributed by atoms with van der Waals surface area (Å²) in [5.74, 6) is 1.68. The molecule has 0 atom stereocenters. The van der Waals surface area contributed by atoms with E-state index in [2.05, 4.69) is 0 Å². The van der Waals surface area contributed by atoms with Gasteiger partial charge in [0.15, 0.2) is 0 Å². The van der Waals surface area contributed by atoms with Gasteiger partial charge in [-0.15, -0.1) is 0 Å². The standard InChI is InChI=1S/C16H19NO2/c1-18-12-13-5-4-7-15(11-13)19-16-8-3-2-6-14(16)9-10-17/h2-8,11H,9-10,12,17H2,1H3. The summed E-state index contributed by atoms with van der Waals surface area (Å²) in [5, 5.41) is 0. The molecule has 0 aliphatic carbocycles. The third kappa shape index (κ3) is 3.81. The maximum Gasteiger partial charge on any atom is 0.130 e. The van der Waals surface area contributed by atoms with E-state index in [9.17, 15) is 0 Å². The average Bonchev–Trinajstić information content (AvgIpc) is 2.42. The van der Waals surface area contributed by atoms with Gasteiger partial charge in [0.25, 0.3) is 0 Å². The maximum atomic E-state index is 5.94. The highest BCUT2D eigenvalue weighted by Crippen LogP contribution is 2.26. The van der Waals surface area contributed by atoms with E-state index in [-0.39, 0.29) is 0 Å². The van der Waals surface area contributed by atoms with Gasteiger partial charge in [-0.1, -0.05) is 30.3 Å². The van der Waals surface area contributed by atoms with Crippen LogP contribution < -0.4 is 10.5 Å². The number of rotatable bonds is 6. The van der Waals surface area contributed by atoms with Crippen LogP contribution in [0.3, 0.4) is 0 Å². The summed E-state index contributed by atoms with van der Waals surface area (Å²) in [5.41, 5.74) is 7.84. The molecular weight excluding hydrogens is 238 g/mol. The van der Waals surface area contributed by atoms with E-state index >= 15 is 0 Å². The molecule has 0 spiro atoms. The Morgan fingerprint density at radius 1 is 1.05 bits per heavy atom. The minimum Gasteiger partial charge on any atom is -0.457 e. The molecule has 2 aromatic carbocycles. The molecule has 2 rings (SSSR count). The van der Waals surface area contributed by atoms with Crippen LogP contribution in [-0.4, -0.2) is 13.7 Å². The number of methoxy groups -OCH3 is 1. The number of para-hydroxylation sites is 1. The molecule has 0 bridgehead atoms. The van der Waals surface area contributed by atoms with Crippen LogP contribution in [0, 0.1) is 0 Å². The van der Waals surface area contributed by atoms with Gasteiger partial charge in [0.05, 0.1) is 6.61 Å². The number of hydrogen-bond donors (Lipinski definition) is 1. The van der Waals surface area contributed by atoms with Crippen molar-refractivity contribution < 1.29 is 9.47 Å². The summed E-state index contributed by atoms with van der Waals surface area (Å²) in [6.45, 7) is 1.20. The van der Waals surface area contributed by atoms with Gasteiger partial charge in [0, 0.05) is 7.11 Å². The summed E-state index contributed by atoms with van der Waals surface area (Å²) >= 11 is 0. The number of benzene rings is 2. The molecule has 0 unspecified atom stereocenters. The van der Waals surface area contributed by atoms with Gasteiger partial charge in [-0.05, 0) is 42.3 Å². The SMILES string of the molecule is COCc1cccc(Oc2ccccc2CCN)c1. The van der Waals surface area contributed by atoms with E-state index in [0.29, 0.717) is 13.2 Å². The van der Waals surface area contributed by atoms with Crippen molar-refractivity contribution in [2.75, 3.05) is 13.7 Å². The van der Waals surface area contributed by atoms with E-state index in [1.165, 1.54) is 0 Å². The fourth-order valence-corrected chi connectivity index (χ4v) is 1.96. The molecule has 3 heteroatoms. The average molecular weight is 257 g/mol. The lowest BCUT2D eigenvalue weighted by Gasteiger charge is -2.11. The molecule has 3 nitrogen and oxygen atoms in total. The predicted molar refractivity (Wildman–Crippen MR) is 76.4 cm³/mol. The largest absolute Gasteiger partial charge is 0.457 e. The zero-order valence-corrected chi connectivity index (χ0v) is 11.1. The Morgan fingerprint density at radius 2 is 1.89 bits per heavy atom. The lowest BCUT2D eigenvalue weighted by molar-refractivity contribution is 0.184. The summed E-state index contributed by atoms with van der Waals surface area (Å²) in [4.78, 5) is 0. The van der Waals surface area contributed by atoms with Crippen LogP contribution in [0.15, 0.2) is 48.5 Å². The molecule has 0 aromatic heterocycles. The van der Waals surface area contributed by atoms with Crippen molar-refractivity contribution in [1.29, 1.82) is 0 Å². The Labute approximate surface area is 114 Å². The lowest BCUT2D eigenvalue weighted by Crippen LogP contribution is -2.03. The maximum absolute atomic E-state index is 5.94. The fraction of sp³-hybridized carbons (Fsp3) is 0.250. The summed E-state index contributed by atoms with van der Waals surface area (Å²) in [6, 6.07) is 15.9. The van der Waals surface area contributed by atoms with Crippen molar-refractivity contribution in [2.24, 2.45) is 5.73 Å². The van der Waals surface area contributed by atoms with Crippen LogP contribution in [0.1, 0.15) is 11.1 Å². The molecule has 19 heavy (non-hydrogen) atoms. The Balaban J connectivity index is 2.18. The van der Waals surface area contributed by atoms with Crippen LogP contribution in [0.2, 0.25) is 0 Å². The van der Waals surface area contributed by atoms with Crippen LogP contribution in [0.5, 0.6) is 11.5 Å². The molecule has 0 aliphatic heterocycles. The molecule has 0 radical (unpaired) electrons. The molecule has 2 N–H and O–H groups in total. The quantitative estimate of drug-likeness (QED) is 0.864. The predicted octanol–water partition coefficient (Wildman–Crippen LogP) is 3.13. The molecule has 100 valence electrons. The van der Waals surface area contributed by atoms with Crippen LogP contribution in [0.25, 0.3) is 0 Å². The van der Waals surface area contributed by atoms with Gasteiger partial charge in [0.1, 0.15) is 11.5 Å². The van der Waals surface area contributed by atoms with Gasteiger partial charge < -0.3 is 15.2 Å². The van der Waals surface area contributed by atoms with Crippen molar-refractivity contribution >= 4 is 0 Å². The summed E-state index contributed by atoms with van der Waals surface area (Å²) in [6.07, 6.45) is 0.813. The van der Waals surface area contributed by atoms with Gasteiger partial charge in [0.2, 0.25) is 0 Å². The molecule has 0 amide bonds. The summed E-state index contributed by atoms with van der Waals surface area (Å²) < 4.78 is 11.1. The first-order chi connectivity index (χ1) is 9.33. The first kappa shape index (κ1) is 13.6. The van der Waals surface area contributed by atoms with Crippen molar-refractivity contribution in [1.82, 2.24) is 0 Å². The molecular formula is C16H19NO2. The van der Waals surface area contributed by atoms with Crippen molar-refractivity contribution in [3.8, 4) is 11.5 Å². The van der Waals surface area contributed by atoms with E-state index in [0.717, 1.165) is 29.0 Å². The molecule has 0 saturated carbocycles. The number of ether oxygens (including phenoxy) is 2. The molecule has 0 fully saturated rings. The first-order valence-corrected chi connectivity index (χ1v) is 6.37. The zero-order valence-electron chi connectivity index (χ0n) is 11.1. The second-order valence-electron chi connectivity index (χ2n) is 4.33. The number of nitrogens with two attached hydrogens (primary N) is 1. The van der Waals surface area contributed by atoms with Crippen molar-refractivity contribution in [3.05, 3.63) is 59.7 Å². The zero-order chi connectivity index (χ0) is 13.5. The van der Waals surface area contributed by atoms with Gasteiger partial charge in [-0.3, -0.25) is 0 Å². The fourth-order valence-electron chi connectivity index (χ4n) is 1.96. The van der Waals surface area contributed by atoms with Gasteiger partial charge in [-0.25, -0.2) is 0 Å². The second kappa shape index (κ2) is 6.92. The minimum atomic E-state index is 0.585. The monoisotopic (exact) mass is 257 g/mol. The lowest BCUT2D eigenvalue weighted by atomic mass is 10.1. The molecule has 0 heterocycles. The smallest absolute Gasteiger partial charge is 0.130 e. The minimum absolute atomic E-state index is 0.585. The third-order valence-corrected chi connectivity index (χ3v) is 2.82. The van der Waals surface area contributed by atoms with E-state index < -0.39 is 0 Å². The Hall–Kier alpha value is -1.84. The Kier molecular flexibility index (Phi) is 4.95. The second-order valence-corrected chi connectivity index (χ2v) is 4.33. The van der Waals surface area contributed by atoms with Crippen molar-refractivity contribution in [3.63, 3.8) is 0 Å². The first-order valence-electron chi connectivity index (χ1n) is 6.37. The van der Waals surface area contributed by atoms with Crippen LogP contribution in [-0.2, 0) is 17.8 Å². The highest BCUT2D eigenvalue weighted by atomic mass is 16.5. The normalized spacial score (nSPS) is 10.4. The highest BCUT2D eigenvalue weighted by Gasteiger charge is 2.04. The summed E-state index contributed by atoms with van der Waals surface area (Å²) in [7, 11) is 1.68. The number of hydrogen-bond acceptors (Lipinski definition) is 3. The van der Waals surface area contributed by atoms with E-state index in [1.807, 2.05) is 48.5 Å². The highest BCUT2D eigenvalue weighted by molar-refractivity contribution is 5.39. The Bertz CT molecular complexity index is 526. The van der Waals surface area contributed by atoms with Gasteiger partial charge in [-0.2, -0.15) is 0 Å². The van der Waals surface area contributed by atoms with Crippen LogP contribution >= 0.6 is 0 Å². The van der Waals surface area contributed by atoms with E-state index in [1.54, 1.807) is 7.11 Å². The molecule has 0 aliphatic rings. The Morgan fingerprint density at radius 3 is 2.68 bits per heavy atom. The topological polar surface area (TPSA) is 44.5 Å². The van der Waals surface area contributed by atoms with E-state index in [4.69, 9.17) is 15.2 Å². The van der Waals surface area contributed by atoms with Crippen molar-refractivity contribution in [2.45, 2.75) is 13.0 Å². The third-order valence-electron chi connectivity index (χ3n) is 2.82.